The van der Waals surface area contributed by atoms with Gasteiger partial charge in [0.2, 0.25) is 5.91 Å². The van der Waals surface area contributed by atoms with Gasteiger partial charge in [-0.15, -0.1) is 0 Å². The summed E-state index contributed by atoms with van der Waals surface area (Å²) in [6, 6.07) is 22.4. The van der Waals surface area contributed by atoms with Crippen LogP contribution in [0.25, 0.3) is 21.8 Å². The molecule has 1 unspecified atom stereocenters. The molecule has 0 bridgehead atoms. The molecule has 1 aliphatic heterocycles. The lowest BCUT2D eigenvalue weighted by Crippen LogP contribution is -2.46. The fourth-order valence-corrected chi connectivity index (χ4v) is 5.66. The molecule has 1 fully saturated rings. The lowest BCUT2D eigenvalue weighted by molar-refractivity contribution is -0.133. The number of alkyl carbamates (subject to hydrolysis) is 1. The maximum Gasteiger partial charge on any atom is 0.407 e. The number of ether oxygens (including phenoxy) is 1. The van der Waals surface area contributed by atoms with E-state index >= 15 is 0 Å². The molecule has 4 aromatic rings. The molecule has 1 aliphatic rings. The SMILES string of the molecule is Cc1nc2ccccc2n1C1CCCN(C(=O)C[C@@H](Cc2ccc3ccccc3c2)NC(=O)OC(C)(C)C)C1. The van der Waals surface area contributed by atoms with Crippen molar-refractivity contribution in [3.63, 3.8) is 0 Å². The quantitative estimate of drug-likeness (QED) is 0.325. The molecule has 2 atom stereocenters. The third-order valence-electron chi connectivity index (χ3n) is 7.32. The Morgan fingerprint density at radius 3 is 2.59 bits per heavy atom. The molecule has 7 heteroatoms. The number of imidazole rings is 1. The van der Waals surface area contributed by atoms with Crippen LogP contribution >= 0.6 is 0 Å². The number of hydrogen-bond donors (Lipinski definition) is 1. The van der Waals surface area contributed by atoms with Gasteiger partial charge in [-0.3, -0.25) is 4.79 Å². The van der Waals surface area contributed by atoms with Crippen LogP contribution in [0.4, 0.5) is 4.79 Å². The minimum absolute atomic E-state index is 0.0450. The lowest BCUT2D eigenvalue weighted by atomic mass is 9.98. The Morgan fingerprint density at radius 2 is 1.79 bits per heavy atom. The van der Waals surface area contributed by atoms with Gasteiger partial charge in [0.25, 0.3) is 0 Å². The molecule has 5 rings (SSSR count). The van der Waals surface area contributed by atoms with E-state index in [1.807, 2.05) is 62.9 Å². The molecule has 3 aromatic carbocycles. The highest BCUT2D eigenvalue weighted by atomic mass is 16.6. The maximum absolute atomic E-state index is 13.7. The van der Waals surface area contributed by atoms with Gasteiger partial charge in [-0.2, -0.15) is 0 Å². The summed E-state index contributed by atoms with van der Waals surface area (Å²) in [7, 11) is 0. The molecule has 0 saturated carbocycles. The summed E-state index contributed by atoms with van der Waals surface area (Å²) in [6.07, 6.45) is 2.18. The number of benzene rings is 3. The van der Waals surface area contributed by atoms with Gasteiger partial charge in [-0.05, 0) is 75.4 Å². The maximum atomic E-state index is 13.7. The summed E-state index contributed by atoms with van der Waals surface area (Å²) in [6.45, 7) is 8.90. The van der Waals surface area contributed by atoms with Gasteiger partial charge in [0.15, 0.2) is 0 Å². The van der Waals surface area contributed by atoms with Crippen molar-refractivity contribution in [3.8, 4) is 0 Å². The molecule has 204 valence electrons. The number of carbonyl (C=O) groups excluding carboxylic acids is 2. The smallest absolute Gasteiger partial charge is 0.407 e. The average Bonchev–Trinajstić information content (AvgIpc) is 3.23. The van der Waals surface area contributed by atoms with Crippen LogP contribution in [0, 0.1) is 6.92 Å². The van der Waals surface area contributed by atoms with Crippen LogP contribution in [0.2, 0.25) is 0 Å². The number of hydrogen-bond acceptors (Lipinski definition) is 4. The molecular formula is C32H38N4O3. The number of fused-ring (bicyclic) bond motifs is 2. The van der Waals surface area contributed by atoms with Gasteiger partial charge >= 0.3 is 6.09 Å². The van der Waals surface area contributed by atoms with Crippen LogP contribution in [0.5, 0.6) is 0 Å². The van der Waals surface area contributed by atoms with Crippen LogP contribution in [-0.2, 0) is 16.0 Å². The molecule has 0 aliphatic carbocycles. The van der Waals surface area contributed by atoms with Gasteiger partial charge in [0.1, 0.15) is 11.4 Å². The van der Waals surface area contributed by atoms with Gasteiger partial charge in [-0.1, -0.05) is 54.6 Å². The van der Waals surface area contributed by atoms with E-state index in [-0.39, 0.29) is 24.4 Å². The number of nitrogens with zero attached hydrogens (tertiary/aromatic N) is 3. The Bertz CT molecular complexity index is 1490. The zero-order valence-corrected chi connectivity index (χ0v) is 23.3. The Kier molecular flexibility index (Phi) is 7.60. The first-order valence-corrected chi connectivity index (χ1v) is 13.8. The van der Waals surface area contributed by atoms with Crippen LogP contribution in [0.3, 0.4) is 0 Å². The van der Waals surface area contributed by atoms with E-state index in [1.165, 1.54) is 0 Å². The Hall–Kier alpha value is -3.87. The third-order valence-corrected chi connectivity index (χ3v) is 7.32. The van der Waals surface area contributed by atoms with Crippen LogP contribution < -0.4 is 5.32 Å². The molecule has 0 spiro atoms. The van der Waals surface area contributed by atoms with Gasteiger partial charge < -0.3 is 19.5 Å². The van der Waals surface area contributed by atoms with Crippen molar-refractivity contribution in [2.75, 3.05) is 13.1 Å². The van der Waals surface area contributed by atoms with Gasteiger partial charge in [0, 0.05) is 25.6 Å². The summed E-state index contributed by atoms with van der Waals surface area (Å²) < 4.78 is 7.82. The topological polar surface area (TPSA) is 76.5 Å². The van der Waals surface area contributed by atoms with Crippen molar-refractivity contribution >= 4 is 33.8 Å². The zero-order valence-electron chi connectivity index (χ0n) is 23.3. The van der Waals surface area contributed by atoms with E-state index in [2.05, 4.69) is 46.3 Å². The van der Waals surface area contributed by atoms with Crippen molar-refractivity contribution in [1.29, 1.82) is 0 Å². The number of nitrogens with one attached hydrogen (secondary N) is 1. The van der Waals surface area contributed by atoms with Crippen molar-refractivity contribution in [1.82, 2.24) is 19.8 Å². The molecule has 1 saturated heterocycles. The summed E-state index contributed by atoms with van der Waals surface area (Å²) in [5.74, 6) is 1.01. The highest BCUT2D eigenvalue weighted by molar-refractivity contribution is 5.83. The Balaban J connectivity index is 1.32. The van der Waals surface area contributed by atoms with Crippen molar-refractivity contribution in [2.24, 2.45) is 0 Å². The fraction of sp³-hybridized carbons (Fsp3) is 0.406. The fourth-order valence-electron chi connectivity index (χ4n) is 5.66. The number of carbonyl (C=O) groups is 2. The minimum atomic E-state index is -0.618. The first-order valence-electron chi connectivity index (χ1n) is 13.8. The van der Waals surface area contributed by atoms with E-state index < -0.39 is 11.7 Å². The van der Waals surface area contributed by atoms with E-state index in [4.69, 9.17) is 9.72 Å². The number of para-hydroxylation sites is 2. The number of piperidine rings is 1. The summed E-state index contributed by atoms with van der Waals surface area (Å²) in [5.41, 5.74) is 2.54. The molecule has 2 amide bonds. The van der Waals surface area contributed by atoms with Crippen molar-refractivity contribution < 1.29 is 14.3 Å². The van der Waals surface area contributed by atoms with Crippen LogP contribution in [0.1, 0.15) is 57.5 Å². The summed E-state index contributed by atoms with van der Waals surface area (Å²) in [5, 5.41) is 5.29. The predicted molar refractivity (Wildman–Crippen MR) is 155 cm³/mol. The monoisotopic (exact) mass is 526 g/mol. The van der Waals surface area contributed by atoms with E-state index in [9.17, 15) is 9.59 Å². The van der Waals surface area contributed by atoms with E-state index in [0.717, 1.165) is 52.6 Å². The molecule has 0 radical (unpaired) electrons. The van der Waals surface area contributed by atoms with Gasteiger partial charge in [0.05, 0.1) is 17.1 Å². The minimum Gasteiger partial charge on any atom is -0.444 e. The third kappa shape index (κ3) is 6.41. The largest absolute Gasteiger partial charge is 0.444 e. The second-order valence-electron chi connectivity index (χ2n) is 11.6. The second kappa shape index (κ2) is 11.1. The van der Waals surface area contributed by atoms with Crippen LogP contribution in [-0.4, -0.2) is 51.2 Å². The predicted octanol–water partition coefficient (Wildman–Crippen LogP) is 6.19. The van der Waals surface area contributed by atoms with Gasteiger partial charge in [-0.25, -0.2) is 9.78 Å². The normalized spacial score (nSPS) is 16.8. The number of amides is 2. The Labute approximate surface area is 230 Å². The lowest BCUT2D eigenvalue weighted by Gasteiger charge is -2.35. The first kappa shape index (κ1) is 26.7. The molecular weight excluding hydrogens is 488 g/mol. The summed E-state index contributed by atoms with van der Waals surface area (Å²) in [4.78, 5) is 33.1. The number of aromatic nitrogens is 2. The molecule has 1 N–H and O–H groups in total. The molecule has 7 nitrogen and oxygen atoms in total. The van der Waals surface area contributed by atoms with E-state index in [0.29, 0.717) is 13.0 Å². The molecule has 1 aromatic heterocycles. The molecule has 2 heterocycles. The average molecular weight is 527 g/mol. The van der Waals surface area contributed by atoms with Crippen LogP contribution in [0.15, 0.2) is 66.7 Å². The number of rotatable bonds is 6. The first-order chi connectivity index (χ1) is 18.7. The highest BCUT2D eigenvalue weighted by Gasteiger charge is 2.29. The standard InChI is InChI=1S/C32H38N4O3/c1-22-33-28-13-7-8-14-29(28)36(22)27-12-9-17-35(21-27)30(37)20-26(34-31(38)39-32(2,3)4)19-23-15-16-24-10-5-6-11-25(24)18-23/h5-8,10-11,13-16,18,26-27H,9,12,17,19-21H2,1-4H3,(H,34,38)/t26-,27?/m1/s1. The number of likely N-dealkylation sites (tertiary alicyclic amines) is 1. The van der Waals surface area contributed by atoms with Crippen molar-refractivity contribution in [3.05, 3.63) is 78.1 Å². The molecule has 39 heavy (non-hydrogen) atoms. The summed E-state index contributed by atoms with van der Waals surface area (Å²) >= 11 is 0. The van der Waals surface area contributed by atoms with Crippen molar-refractivity contribution in [2.45, 2.75) is 71.1 Å². The van der Waals surface area contributed by atoms with E-state index in [1.54, 1.807) is 0 Å². The Morgan fingerprint density at radius 1 is 1.05 bits per heavy atom. The number of aryl methyl sites for hydroxylation is 1. The second-order valence-corrected chi connectivity index (χ2v) is 11.6. The zero-order chi connectivity index (χ0) is 27.6. The highest BCUT2D eigenvalue weighted by Crippen LogP contribution is 2.28.